The Morgan fingerprint density at radius 3 is 1.50 bits per heavy atom. The molecule has 0 aliphatic carbocycles. The Labute approximate surface area is 77.7 Å². The second kappa shape index (κ2) is 3.21. The van der Waals surface area contributed by atoms with E-state index in [-0.39, 0.29) is 0 Å². The van der Waals surface area contributed by atoms with Crippen LogP contribution in [-0.2, 0) is 0 Å². The minimum atomic E-state index is -10.7. The number of halogens is 6. The molecule has 1 heterocycles. The van der Waals surface area contributed by atoms with Gasteiger partial charge in [0, 0.05) is 0 Å². The summed E-state index contributed by atoms with van der Waals surface area (Å²) in [5.41, 5.74) is 0. The summed E-state index contributed by atoms with van der Waals surface area (Å²) in [6.07, 6.45) is 0. The van der Waals surface area contributed by atoms with Gasteiger partial charge in [0.1, 0.15) is 6.67 Å². The molecule has 0 radical (unpaired) electrons. The van der Waals surface area contributed by atoms with E-state index in [1.54, 1.807) is 4.90 Å². The summed E-state index contributed by atoms with van der Waals surface area (Å²) in [5.74, 6) is 0. The molecular formula is C5H13F6N2P. The van der Waals surface area contributed by atoms with Crippen molar-refractivity contribution in [2.45, 2.75) is 0 Å². The molecule has 9 heteroatoms. The number of likely N-dealkylation sites (N-methyl/N-ethyl adjacent to an activating group) is 2. The Hall–Kier alpha value is -0.0700. The quantitative estimate of drug-likeness (QED) is 0.505. The van der Waals surface area contributed by atoms with Crippen molar-refractivity contribution in [1.29, 1.82) is 0 Å². The molecule has 0 bridgehead atoms. The number of quaternary nitrogens is 1. The average molecular weight is 246 g/mol. The van der Waals surface area contributed by atoms with Gasteiger partial charge in [0.05, 0.1) is 20.1 Å². The zero-order chi connectivity index (χ0) is 11.7. The topological polar surface area (TPSA) is 7.68 Å². The third-order valence-electron chi connectivity index (χ3n) is 1.46. The molecule has 14 heavy (non-hydrogen) atoms. The van der Waals surface area contributed by atoms with Crippen LogP contribution in [0.15, 0.2) is 0 Å². The standard InChI is InChI=1S/C5H12N2.F6P/c1-6-3-4-7(2)5-6;1-7(2,3,4,5)6/h3-5H2,1-2H3;/q;-1/p+1. The maximum atomic E-state index is 9.87. The third kappa shape index (κ3) is 17.9. The molecule has 0 saturated carbocycles. The van der Waals surface area contributed by atoms with Crippen molar-refractivity contribution < 1.29 is 30.1 Å². The van der Waals surface area contributed by atoms with Crippen LogP contribution in [0, 0.1) is 0 Å². The van der Waals surface area contributed by atoms with E-state index in [4.69, 9.17) is 0 Å². The van der Waals surface area contributed by atoms with E-state index in [9.17, 15) is 25.2 Å². The zero-order valence-corrected chi connectivity index (χ0v) is 8.68. The van der Waals surface area contributed by atoms with Crippen molar-refractivity contribution in [2.24, 2.45) is 0 Å². The number of rotatable bonds is 0. The third-order valence-corrected chi connectivity index (χ3v) is 1.46. The van der Waals surface area contributed by atoms with Crippen LogP contribution in [0.5, 0.6) is 0 Å². The van der Waals surface area contributed by atoms with Gasteiger partial charge in [0.15, 0.2) is 0 Å². The van der Waals surface area contributed by atoms with Gasteiger partial charge in [0.2, 0.25) is 0 Å². The van der Waals surface area contributed by atoms with Crippen molar-refractivity contribution in [1.82, 2.24) is 4.90 Å². The summed E-state index contributed by atoms with van der Waals surface area (Å²) in [6, 6.07) is 0. The molecular weight excluding hydrogens is 233 g/mol. The summed E-state index contributed by atoms with van der Waals surface area (Å²) >= 11 is 0. The van der Waals surface area contributed by atoms with Crippen molar-refractivity contribution in [3.8, 4) is 0 Å². The van der Waals surface area contributed by atoms with Crippen LogP contribution in [-0.4, -0.2) is 38.8 Å². The van der Waals surface area contributed by atoms with Crippen LogP contribution in [0.4, 0.5) is 25.2 Å². The SMILES string of the molecule is CN1CC[NH+](C)C1.F[P-](F)(F)(F)(F)F. The monoisotopic (exact) mass is 246 g/mol. The van der Waals surface area contributed by atoms with Crippen LogP contribution < -0.4 is 4.90 Å². The first-order valence-corrected chi connectivity index (χ1v) is 5.83. The normalized spacial score (nSPS) is 28.7. The minimum absolute atomic E-state index is 1.22. The van der Waals surface area contributed by atoms with Crippen molar-refractivity contribution in [3.05, 3.63) is 0 Å². The average Bonchev–Trinajstić information content (AvgIpc) is 2.04. The molecule has 0 spiro atoms. The predicted molar refractivity (Wildman–Crippen MR) is 42.8 cm³/mol. The molecule has 0 aromatic carbocycles. The van der Waals surface area contributed by atoms with Gasteiger partial charge in [-0.1, -0.05) is 0 Å². The van der Waals surface area contributed by atoms with Crippen molar-refractivity contribution in [3.63, 3.8) is 0 Å². The second-order valence-electron chi connectivity index (χ2n) is 3.40. The van der Waals surface area contributed by atoms with Gasteiger partial charge >= 0.3 is 33.0 Å². The van der Waals surface area contributed by atoms with E-state index in [0.717, 1.165) is 0 Å². The molecule has 0 aromatic heterocycles. The Kier molecular flexibility index (Phi) is 3.20. The summed E-state index contributed by atoms with van der Waals surface area (Å²) < 4.78 is 59.2. The van der Waals surface area contributed by atoms with Crippen LogP contribution >= 0.6 is 7.81 Å². The molecule has 1 aliphatic rings. The van der Waals surface area contributed by atoms with E-state index >= 15 is 0 Å². The summed E-state index contributed by atoms with van der Waals surface area (Å²) in [5, 5.41) is 0. The fraction of sp³-hybridized carbons (Fsp3) is 1.00. The van der Waals surface area contributed by atoms with Gasteiger partial charge < -0.3 is 4.90 Å². The van der Waals surface area contributed by atoms with E-state index in [2.05, 4.69) is 19.0 Å². The molecule has 0 amide bonds. The van der Waals surface area contributed by atoms with Gasteiger partial charge in [-0.2, -0.15) is 0 Å². The molecule has 1 atom stereocenters. The molecule has 1 fully saturated rings. The van der Waals surface area contributed by atoms with E-state index in [0.29, 0.717) is 0 Å². The molecule has 1 saturated heterocycles. The zero-order valence-electron chi connectivity index (χ0n) is 7.78. The van der Waals surface area contributed by atoms with Crippen LogP contribution in [0.2, 0.25) is 0 Å². The first-order valence-electron chi connectivity index (χ1n) is 3.80. The number of nitrogens with one attached hydrogen (secondary N) is 1. The molecule has 0 aromatic rings. The first kappa shape index (κ1) is 13.9. The van der Waals surface area contributed by atoms with E-state index < -0.39 is 7.81 Å². The summed E-state index contributed by atoms with van der Waals surface area (Å²) in [7, 11) is -6.27. The Morgan fingerprint density at radius 2 is 1.43 bits per heavy atom. The molecule has 2 nitrogen and oxygen atoms in total. The van der Waals surface area contributed by atoms with E-state index in [1.807, 2.05) is 0 Å². The first-order chi connectivity index (χ1) is 5.74. The number of nitrogens with zero attached hydrogens (tertiary/aromatic N) is 1. The van der Waals surface area contributed by atoms with Crippen molar-refractivity contribution >= 4 is 7.81 Å². The fourth-order valence-electron chi connectivity index (χ4n) is 1.00. The number of hydrogen-bond acceptors (Lipinski definition) is 1. The molecule has 90 valence electrons. The van der Waals surface area contributed by atoms with E-state index in [1.165, 1.54) is 19.8 Å². The second-order valence-corrected chi connectivity index (χ2v) is 5.32. The molecule has 1 unspecified atom stereocenters. The molecule has 1 aliphatic heterocycles. The summed E-state index contributed by atoms with van der Waals surface area (Å²) in [4.78, 5) is 3.97. The molecule has 1 N–H and O–H groups in total. The number of hydrogen-bond donors (Lipinski definition) is 1. The predicted octanol–water partition coefficient (Wildman–Crippen LogP) is 1.79. The van der Waals surface area contributed by atoms with Crippen LogP contribution in [0.25, 0.3) is 0 Å². The Bertz CT molecular complexity index is 178. The van der Waals surface area contributed by atoms with Gasteiger partial charge in [-0.15, -0.1) is 0 Å². The maximum absolute atomic E-state index is 10.7. The Balaban J connectivity index is 0.000000241. The van der Waals surface area contributed by atoms with Gasteiger partial charge in [0.25, 0.3) is 0 Å². The van der Waals surface area contributed by atoms with Gasteiger partial charge in [-0.3, -0.25) is 4.90 Å². The van der Waals surface area contributed by atoms with Gasteiger partial charge in [-0.05, 0) is 7.05 Å². The fourth-order valence-corrected chi connectivity index (χ4v) is 1.00. The van der Waals surface area contributed by atoms with Gasteiger partial charge in [-0.25, -0.2) is 0 Å². The summed E-state index contributed by atoms with van der Waals surface area (Å²) in [6.45, 7) is 3.81. The molecule has 1 rings (SSSR count). The van der Waals surface area contributed by atoms with Crippen LogP contribution in [0.1, 0.15) is 0 Å². The Morgan fingerprint density at radius 1 is 1.07 bits per heavy atom. The van der Waals surface area contributed by atoms with Crippen LogP contribution in [0.3, 0.4) is 0 Å². The van der Waals surface area contributed by atoms with Crippen molar-refractivity contribution in [2.75, 3.05) is 33.9 Å².